The molecule has 1 N–H and O–H groups in total. The van der Waals surface area contributed by atoms with E-state index in [1.165, 1.54) is 4.52 Å². The molecule has 0 saturated heterocycles. The summed E-state index contributed by atoms with van der Waals surface area (Å²) in [4.78, 5) is 20.3. The summed E-state index contributed by atoms with van der Waals surface area (Å²) in [5.41, 5.74) is 0.584. The van der Waals surface area contributed by atoms with Crippen LogP contribution in [0.25, 0.3) is 5.78 Å². The van der Waals surface area contributed by atoms with Crippen LogP contribution in [0.3, 0.4) is 0 Å². The van der Waals surface area contributed by atoms with Gasteiger partial charge in [-0.2, -0.15) is 4.98 Å². The quantitative estimate of drug-likeness (QED) is 0.763. The van der Waals surface area contributed by atoms with Crippen LogP contribution in [0, 0.1) is 0 Å². The van der Waals surface area contributed by atoms with Crippen LogP contribution in [-0.2, 0) is 0 Å². The fourth-order valence-electron chi connectivity index (χ4n) is 2.14. The number of amides is 1. The van der Waals surface area contributed by atoms with E-state index in [9.17, 15) is 4.79 Å². The van der Waals surface area contributed by atoms with E-state index >= 15 is 0 Å². The number of nitrogens with one attached hydrogen (secondary N) is 1. The summed E-state index contributed by atoms with van der Waals surface area (Å²) >= 11 is 0. The first-order valence-electron chi connectivity index (χ1n) is 6.68. The molecule has 0 bridgehead atoms. The van der Waals surface area contributed by atoms with E-state index < -0.39 is 5.91 Å². The molecule has 3 heterocycles. The molecule has 1 aliphatic heterocycles. The number of nitrogens with zero attached hydrogens (tertiary/aromatic N) is 4. The number of carbonyl (C=O) groups is 1. The Kier molecular flexibility index (Phi) is 2.85. The van der Waals surface area contributed by atoms with Crippen molar-refractivity contribution >= 4 is 17.4 Å². The van der Waals surface area contributed by atoms with Crippen molar-refractivity contribution in [2.75, 3.05) is 18.5 Å². The van der Waals surface area contributed by atoms with Crippen LogP contribution in [0.2, 0.25) is 0 Å². The second kappa shape index (κ2) is 4.99. The zero-order valence-corrected chi connectivity index (χ0v) is 11.4. The van der Waals surface area contributed by atoms with E-state index in [-0.39, 0.29) is 5.82 Å². The van der Waals surface area contributed by atoms with Crippen molar-refractivity contribution in [3.8, 4) is 11.5 Å². The highest BCUT2D eigenvalue weighted by Gasteiger charge is 2.16. The number of fused-ring (bicyclic) bond motifs is 2. The number of anilines is 1. The van der Waals surface area contributed by atoms with Crippen LogP contribution in [-0.4, -0.2) is 38.7 Å². The van der Waals surface area contributed by atoms with Gasteiger partial charge < -0.3 is 14.8 Å². The maximum absolute atomic E-state index is 12.2. The average molecular weight is 297 g/mol. The molecular formula is C14H11N5O3. The molecule has 8 nitrogen and oxygen atoms in total. The summed E-state index contributed by atoms with van der Waals surface area (Å²) in [5, 5.41) is 6.80. The third-order valence-electron chi connectivity index (χ3n) is 3.12. The van der Waals surface area contributed by atoms with Gasteiger partial charge in [0.05, 0.1) is 0 Å². The standard InChI is InChI=1S/C14H11N5O3/c20-13(12-17-14-15-4-1-5-19(14)18-12)16-9-2-3-10-11(8-9)22-7-6-21-10/h1-5,8H,6-7H2,(H,16,20). The number of hydrogen-bond donors (Lipinski definition) is 1. The van der Waals surface area contributed by atoms with Crippen molar-refractivity contribution in [2.24, 2.45) is 0 Å². The van der Waals surface area contributed by atoms with Gasteiger partial charge in [-0.1, -0.05) is 0 Å². The molecule has 2 aromatic heterocycles. The molecule has 0 radical (unpaired) electrons. The monoisotopic (exact) mass is 297 g/mol. The minimum absolute atomic E-state index is 0.0496. The van der Waals surface area contributed by atoms with Gasteiger partial charge in [-0.15, -0.1) is 5.10 Å². The minimum Gasteiger partial charge on any atom is -0.486 e. The van der Waals surface area contributed by atoms with E-state index in [1.54, 1.807) is 36.7 Å². The highest BCUT2D eigenvalue weighted by atomic mass is 16.6. The molecule has 1 amide bonds. The summed E-state index contributed by atoms with van der Waals surface area (Å²) < 4.78 is 12.4. The van der Waals surface area contributed by atoms with E-state index in [0.29, 0.717) is 36.2 Å². The number of benzene rings is 1. The fourth-order valence-corrected chi connectivity index (χ4v) is 2.14. The molecule has 0 saturated carbocycles. The molecule has 1 aliphatic rings. The average Bonchev–Trinajstić information content (AvgIpc) is 2.99. The van der Waals surface area contributed by atoms with Crippen LogP contribution in [0.1, 0.15) is 10.6 Å². The fraction of sp³-hybridized carbons (Fsp3) is 0.143. The zero-order chi connectivity index (χ0) is 14.9. The van der Waals surface area contributed by atoms with Crippen molar-refractivity contribution < 1.29 is 14.3 Å². The lowest BCUT2D eigenvalue weighted by Gasteiger charge is -2.18. The Hall–Kier alpha value is -3.16. The van der Waals surface area contributed by atoms with Crippen molar-refractivity contribution in [1.82, 2.24) is 19.6 Å². The second-order valence-electron chi connectivity index (χ2n) is 4.61. The molecule has 0 fully saturated rings. The van der Waals surface area contributed by atoms with Crippen LogP contribution in [0.5, 0.6) is 11.5 Å². The van der Waals surface area contributed by atoms with Gasteiger partial charge in [-0.25, -0.2) is 9.50 Å². The molecule has 22 heavy (non-hydrogen) atoms. The molecule has 1 aromatic carbocycles. The number of hydrogen-bond acceptors (Lipinski definition) is 6. The lowest BCUT2D eigenvalue weighted by Crippen LogP contribution is -2.17. The smallest absolute Gasteiger partial charge is 0.295 e. The van der Waals surface area contributed by atoms with Gasteiger partial charge in [0.25, 0.3) is 11.7 Å². The van der Waals surface area contributed by atoms with Gasteiger partial charge in [0.15, 0.2) is 11.5 Å². The number of aromatic nitrogens is 4. The molecule has 0 unspecified atom stereocenters. The predicted octanol–water partition coefficient (Wildman–Crippen LogP) is 1.15. The Balaban J connectivity index is 1.58. The van der Waals surface area contributed by atoms with E-state index in [2.05, 4.69) is 20.4 Å². The second-order valence-corrected chi connectivity index (χ2v) is 4.61. The topological polar surface area (TPSA) is 90.6 Å². The Morgan fingerprint density at radius 2 is 2.09 bits per heavy atom. The van der Waals surface area contributed by atoms with Gasteiger partial charge in [-0.3, -0.25) is 4.79 Å². The first kappa shape index (κ1) is 12.6. The molecule has 110 valence electrons. The number of carbonyl (C=O) groups excluding carboxylic acids is 1. The Labute approximate surface area is 124 Å². The summed E-state index contributed by atoms with van der Waals surface area (Å²) in [6, 6.07) is 6.91. The van der Waals surface area contributed by atoms with Crippen molar-refractivity contribution in [2.45, 2.75) is 0 Å². The highest BCUT2D eigenvalue weighted by molar-refractivity contribution is 6.01. The third-order valence-corrected chi connectivity index (χ3v) is 3.12. The van der Waals surface area contributed by atoms with E-state index in [0.717, 1.165) is 0 Å². The maximum Gasteiger partial charge on any atom is 0.295 e. The Bertz CT molecular complexity index is 828. The van der Waals surface area contributed by atoms with Crippen LogP contribution >= 0.6 is 0 Å². The molecule has 0 atom stereocenters. The summed E-state index contributed by atoms with van der Waals surface area (Å²) in [7, 11) is 0. The predicted molar refractivity (Wildman–Crippen MR) is 76.2 cm³/mol. The third kappa shape index (κ3) is 2.20. The van der Waals surface area contributed by atoms with Gasteiger partial charge in [0.2, 0.25) is 5.82 Å². The Morgan fingerprint density at radius 3 is 2.95 bits per heavy atom. The number of rotatable bonds is 2. The van der Waals surface area contributed by atoms with Crippen LogP contribution < -0.4 is 14.8 Å². The van der Waals surface area contributed by atoms with E-state index in [1.807, 2.05) is 0 Å². The van der Waals surface area contributed by atoms with Gasteiger partial charge in [0.1, 0.15) is 13.2 Å². The largest absolute Gasteiger partial charge is 0.486 e. The molecule has 8 heteroatoms. The van der Waals surface area contributed by atoms with Crippen LogP contribution in [0.4, 0.5) is 5.69 Å². The van der Waals surface area contributed by atoms with Crippen molar-refractivity contribution in [1.29, 1.82) is 0 Å². The van der Waals surface area contributed by atoms with Gasteiger partial charge in [-0.05, 0) is 18.2 Å². The molecule has 4 rings (SSSR count). The molecule has 0 aliphatic carbocycles. The van der Waals surface area contributed by atoms with Crippen molar-refractivity contribution in [3.05, 3.63) is 42.5 Å². The van der Waals surface area contributed by atoms with Gasteiger partial charge >= 0.3 is 0 Å². The number of ether oxygens (including phenoxy) is 2. The van der Waals surface area contributed by atoms with Crippen LogP contribution in [0.15, 0.2) is 36.7 Å². The maximum atomic E-state index is 12.2. The Morgan fingerprint density at radius 1 is 1.23 bits per heavy atom. The van der Waals surface area contributed by atoms with Gasteiger partial charge in [0, 0.05) is 24.1 Å². The zero-order valence-electron chi connectivity index (χ0n) is 11.4. The molecular weight excluding hydrogens is 286 g/mol. The lowest BCUT2D eigenvalue weighted by atomic mass is 10.2. The molecule has 3 aromatic rings. The normalized spacial score (nSPS) is 13.1. The first-order valence-corrected chi connectivity index (χ1v) is 6.68. The molecule has 0 spiro atoms. The summed E-state index contributed by atoms with van der Waals surface area (Å²) in [5.74, 6) is 1.28. The summed E-state index contributed by atoms with van der Waals surface area (Å²) in [6.45, 7) is 1.01. The minimum atomic E-state index is -0.415. The van der Waals surface area contributed by atoms with Crippen molar-refractivity contribution in [3.63, 3.8) is 0 Å². The lowest BCUT2D eigenvalue weighted by molar-refractivity contribution is 0.101. The SMILES string of the molecule is O=C(Nc1ccc2c(c1)OCCO2)c1nc2ncccn2n1. The van der Waals surface area contributed by atoms with E-state index in [4.69, 9.17) is 9.47 Å². The highest BCUT2D eigenvalue weighted by Crippen LogP contribution is 2.32. The summed E-state index contributed by atoms with van der Waals surface area (Å²) in [6.07, 6.45) is 3.27. The first-order chi connectivity index (χ1) is 10.8.